The van der Waals surface area contributed by atoms with Crippen LogP contribution in [0, 0.1) is 13.8 Å². The molecule has 8 nitrogen and oxygen atoms in total. The Kier molecular flexibility index (Phi) is 5.13. The first-order valence-corrected chi connectivity index (χ1v) is 10.9. The van der Waals surface area contributed by atoms with E-state index in [0.29, 0.717) is 16.9 Å². The maximum absolute atomic E-state index is 12.5. The number of hydrogen-bond donors (Lipinski definition) is 2. The number of aliphatic imine (C=N–C) groups is 1. The minimum atomic E-state index is -3.58. The molecular formula is C21H21N5O3S. The number of nitrogens with one attached hydrogen (secondary N) is 2. The first kappa shape index (κ1) is 19.8. The summed E-state index contributed by atoms with van der Waals surface area (Å²) in [5.41, 5.74) is 3.65. The second-order valence-electron chi connectivity index (χ2n) is 6.92. The van der Waals surface area contributed by atoms with Gasteiger partial charge < -0.3 is 5.32 Å². The molecule has 30 heavy (non-hydrogen) atoms. The molecule has 9 heteroatoms. The Morgan fingerprint density at radius 3 is 2.57 bits per heavy atom. The highest BCUT2D eigenvalue weighted by Crippen LogP contribution is 2.24. The number of amides is 1. The fourth-order valence-electron chi connectivity index (χ4n) is 3.37. The van der Waals surface area contributed by atoms with Gasteiger partial charge in [-0.3, -0.25) is 14.5 Å². The molecule has 0 saturated heterocycles. The van der Waals surface area contributed by atoms with Crippen LogP contribution in [0.2, 0.25) is 0 Å². The van der Waals surface area contributed by atoms with Crippen molar-refractivity contribution in [1.29, 1.82) is 0 Å². The molecule has 154 valence electrons. The second kappa shape index (κ2) is 7.75. The van der Waals surface area contributed by atoms with Crippen LogP contribution in [0.4, 0.5) is 5.69 Å². The van der Waals surface area contributed by atoms with Crippen LogP contribution in [0.3, 0.4) is 0 Å². The summed E-state index contributed by atoms with van der Waals surface area (Å²) in [6, 6.07) is 16.3. The maximum atomic E-state index is 12.5. The summed E-state index contributed by atoms with van der Waals surface area (Å²) in [5.74, 6) is 0.0509. The van der Waals surface area contributed by atoms with Gasteiger partial charge in [0.1, 0.15) is 5.84 Å². The lowest BCUT2D eigenvalue weighted by molar-refractivity contribution is -0.116. The number of amidine groups is 1. The van der Waals surface area contributed by atoms with Crippen LogP contribution >= 0.6 is 0 Å². The van der Waals surface area contributed by atoms with E-state index in [1.54, 1.807) is 22.9 Å². The summed E-state index contributed by atoms with van der Waals surface area (Å²) in [4.78, 5) is 16.9. The number of carbonyl (C=O) groups is 1. The van der Waals surface area contributed by atoms with E-state index in [1.807, 2.05) is 44.2 Å². The van der Waals surface area contributed by atoms with Crippen LogP contribution in [0.1, 0.15) is 23.4 Å². The van der Waals surface area contributed by atoms with Crippen molar-refractivity contribution in [2.75, 3.05) is 11.9 Å². The van der Waals surface area contributed by atoms with Gasteiger partial charge >= 0.3 is 0 Å². The van der Waals surface area contributed by atoms with Gasteiger partial charge in [-0.1, -0.05) is 30.3 Å². The van der Waals surface area contributed by atoms with Gasteiger partial charge in [-0.05, 0) is 38.1 Å². The van der Waals surface area contributed by atoms with Crippen LogP contribution in [0.25, 0.3) is 5.69 Å². The van der Waals surface area contributed by atoms with E-state index in [2.05, 4.69) is 20.1 Å². The van der Waals surface area contributed by atoms with E-state index in [4.69, 9.17) is 0 Å². The van der Waals surface area contributed by atoms with Crippen LogP contribution in [0.15, 0.2) is 64.5 Å². The zero-order valence-electron chi connectivity index (χ0n) is 16.6. The molecule has 2 heterocycles. The molecule has 1 aliphatic rings. The quantitative estimate of drug-likeness (QED) is 0.658. The van der Waals surface area contributed by atoms with Crippen molar-refractivity contribution in [2.45, 2.75) is 25.2 Å². The average molecular weight is 423 g/mol. The minimum Gasteiger partial charge on any atom is -0.323 e. The summed E-state index contributed by atoms with van der Waals surface area (Å²) in [7, 11) is -3.58. The molecule has 0 spiro atoms. The van der Waals surface area contributed by atoms with E-state index in [0.717, 1.165) is 11.4 Å². The highest BCUT2D eigenvalue weighted by atomic mass is 32.2. The number of carbonyl (C=O) groups excluding carboxylic acids is 1. The Labute approximate surface area is 174 Å². The highest BCUT2D eigenvalue weighted by molar-refractivity contribution is 7.90. The first-order valence-electron chi connectivity index (χ1n) is 9.45. The third-order valence-electron chi connectivity index (χ3n) is 4.83. The molecule has 0 unspecified atom stereocenters. The Balaban J connectivity index is 1.45. The zero-order valence-corrected chi connectivity index (χ0v) is 17.4. The Morgan fingerprint density at radius 1 is 1.10 bits per heavy atom. The van der Waals surface area contributed by atoms with Crippen LogP contribution in [-0.4, -0.2) is 36.5 Å². The smallest absolute Gasteiger partial charge is 0.263 e. The van der Waals surface area contributed by atoms with Crippen molar-refractivity contribution in [3.63, 3.8) is 0 Å². The minimum absolute atomic E-state index is 0.114. The summed E-state index contributed by atoms with van der Waals surface area (Å²) in [5, 5.41) is 7.41. The van der Waals surface area contributed by atoms with Gasteiger partial charge in [0.15, 0.2) is 0 Å². The molecule has 0 bridgehead atoms. The average Bonchev–Trinajstić information content (AvgIpc) is 3.16. The number of anilines is 1. The number of aryl methyl sites for hydroxylation is 1. The SMILES string of the molecule is Cc1nn(-c2ccccc2)c(C)c1NC(=O)CCN=C1NS(=O)(=O)c2ccccc21. The zero-order chi connectivity index (χ0) is 21.3. The van der Waals surface area contributed by atoms with E-state index >= 15 is 0 Å². The van der Waals surface area contributed by atoms with Gasteiger partial charge in [0.05, 0.1) is 34.2 Å². The van der Waals surface area contributed by atoms with Gasteiger partial charge in [-0.15, -0.1) is 0 Å². The van der Waals surface area contributed by atoms with Gasteiger partial charge in [0.2, 0.25) is 5.91 Å². The Morgan fingerprint density at radius 2 is 1.80 bits per heavy atom. The number of sulfonamides is 1. The van der Waals surface area contributed by atoms with E-state index in [9.17, 15) is 13.2 Å². The fourth-order valence-corrected chi connectivity index (χ4v) is 4.62. The molecular weight excluding hydrogens is 402 g/mol. The van der Waals surface area contributed by atoms with Gasteiger partial charge in [0, 0.05) is 12.0 Å². The van der Waals surface area contributed by atoms with Gasteiger partial charge in [-0.2, -0.15) is 5.10 Å². The van der Waals surface area contributed by atoms with Gasteiger partial charge in [0.25, 0.3) is 10.0 Å². The normalized spacial score (nSPS) is 15.6. The summed E-state index contributed by atoms with van der Waals surface area (Å²) in [6.45, 7) is 3.89. The number of benzene rings is 2. The molecule has 3 aromatic rings. The van der Waals surface area contributed by atoms with E-state index in [-0.39, 0.29) is 29.6 Å². The van der Waals surface area contributed by atoms with Gasteiger partial charge in [-0.25, -0.2) is 13.1 Å². The predicted octanol–water partition coefficient (Wildman–Crippen LogP) is 2.56. The molecule has 0 atom stereocenters. The van der Waals surface area contributed by atoms with Crippen LogP contribution < -0.4 is 10.0 Å². The van der Waals surface area contributed by atoms with E-state index < -0.39 is 10.0 Å². The fraction of sp³-hybridized carbons (Fsp3) is 0.190. The van der Waals surface area contributed by atoms with Crippen molar-refractivity contribution in [2.24, 2.45) is 4.99 Å². The molecule has 4 rings (SSSR count). The van der Waals surface area contributed by atoms with E-state index in [1.165, 1.54) is 6.07 Å². The third kappa shape index (κ3) is 3.71. The number of fused-ring (bicyclic) bond motifs is 1. The molecule has 0 aliphatic carbocycles. The molecule has 2 N–H and O–H groups in total. The van der Waals surface area contributed by atoms with Crippen molar-refractivity contribution in [3.8, 4) is 5.69 Å². The lowest BCUT2D eigenvalue weighted by Crippen LogP contribution is -2.23. The molecule has 2 aromatic carbocycles. The van der Waals surface area contributed by atoms with Crippen molar-refractivity contribution in [3.05, 3.63) is 71.5 Å². The molecule has 1 aromatic heterocycles. The maximum Gasteiger partial charge on any atom is 0.263 e. The van der Waals surface area contributed by atoms with Crippen molar-refractivity contribution in [1.82, 2.24) is 14.5 Å². The first-order chi connectivity index (χ1) is 14.4. The highest BCUT2D eigenvalue weighted by Gasteiger charge is 2.30. The largest absolute Gasteiger partial charge is 0.323 e. The third-order valence-corrected chi connectivity index (χ3v) is 6.23. The summed E-state index contributed by atoms with van der Waals surface area (Å²) in [6.07, 6.45) is 0.114. The molecule has 0 saturated carbocycles. The molecule has 1 amide bonds. The lowest BCUT2D eigenvalue weighted by atomic mass is 10.2. The van der Waals surface area contributed by atoms with Crippen LogP contribution in [0.5, 0.6) is 0 Å². The number of para-hydroxylation sites is 1. The van der Waals surface area contributed by atoms with Crippen molar-refractivity contribution < 1.29 is 13.2 Å². The number of aromatic nitrogens is 2. The number of nitrogens with zero attached hydrogens (tertiary/aromatic N) is 3. The number of rotatable bonds is 5. The Bertz CT molecular complexity index is 1250. The lowest BCUT2D eigenvalue weighted by Gasteiger charge is -2.07. The standard InChI is InChI=1S/C21H21N5O3S/c1-14-20(15(2)26(24-14)16-8-4-3-5-9-16)23-19(27)12-13-22-21-17-10-6-7-11-18(17)30(28,29)25-21/h3-11H,12-13H2,1-2H3,(H,22,25)(H,23,27). The van der Waals surface area contributed by atoms with Crippen molar-refractivity contribution >= 4 is 27.5 Å². The summed E-state index contributed by atoms with van der Waals surface area (Å²) < 4.78 is 28.5. The molecule has 0 radical (unpaired) electrons. The predicted molar refractivity (Wildman–Crippen MR) is 114 cm³/mol. The topological polar surface area (TPSA) is 105 Å². The number of hydrogen-bond acceptors (Lipinski definition) is 5. The molecule has 1 aliphatic heterocycles. The second-order valence-corrected chi connectivity index (χ2v) is 8.57. The molecule has 0 fully saturated rings. The summed E-state index contributed by atoms with van der Waals surface area (Å²) >= 11 is 0. The van der Waals surface area contributed by atoms with Crippen LogP contribution in [-0.2, 0) is 14.8 Å². The monoisotopic (exact) mass is 423 g/mol. The Hall–Kier alpha value is -3.46.